The van der Waals surface area contributed by atoms with E-state index < -0.39 is 0 Å². The number of rotatable bonds is 7. The molecular formula is C13H20N2. The maximum atomic E-state index is 6.00. The van der Waals surface area contributed by atoms with Crippen LogP contribution < -0.4 is 5.73 Å². The first-order valence-corrected chi connectivity index (χ1v) is 5.59. The Morgan fingerprint density at radius 2 is 2.27 bits per heavy atom. The third kappa shape index (κ3) is 5.33. The molecule has 2 nitrogen and oxygen atoms in total. The van der Waals surface area contributed by atoms with Crippen LogP contribution in [-0.4, -0.2) is 11.0 Å². The lowest BCUT2D eigenvalue weighted by Crippen LogP contribution is -2.20. The fraction of sp³-hybridized carbons (Fsp3) is 0.462. The highest BCUT2D eigenvalue weighted by atomic mass is 14.7. The number of allylic oxidation sites excluding steroid dienone is 1. The van der Waals surface area contributed by atoms with E-state index in [2.05, 4.69) is 17.6 Å². The smallest absolute Gasteiger partial charge is 0.0404 e. The molecule has 0 saturated heterocycles. The van der Waals surface area contributed by atoms with Gasteiger partial charge in [-0.15, -0.1) is 6.58 Å². The summed E-state index contributed by atoms with van der Waals surface area (Å²) in [6.07, 6.45) is 9.08. The van der Waals surface area contributed by atoms with Crippen LogP contribution in [0, 0.1) is 0 Å². The summed E-state index contributed by atoms with van der Waals surface area (Å²) < 4.78 is 0. The Kier molecular flexibility index (Phi) is 5.71. The molecule has 0 fully saturated rings. The first-order valence-electron chi connectivity index (χ1n) is 5.59. The predicted octanol–water partition coefficient (Wildman–Crippen LogP) is 2.70. The third-order valence-electron chi connectivity index (χ3n) is 2.48. The zero-order valence-electron chi connectivity index (χ0n) is 9.23. The van der Waals surface area contributed by atoms with Gasteiger partial charge in [0.05, 0.1) is 0 Å². The monoisotopic (exact) mass is 204 g/mol. The lowest BCUT2D eigenvalue weighted by Gasteiger charge is -2.09. The Bertz CT molecular complexity index is 269. The number of nitrogens with two attached hydrogens (primary N) is 1. The molecule has 1 aromatic rings. The van der Waals surface area contributed by atoms with Crippen LogP contribution in [0.1, 0.15) is 31.4 Å². The number of hydrogen-bond acceptors (Lipinski definition) is 2. The highest BCUT2D eigenvalue weighted by Gasteiger charge is 2.02. The van der Waals surface area contributed by atoms with Gasteiger partial charge in [0.25, 0.3) is 0 Å². The minimum Gasteiger partial charge on any atom is -0.328 e. The summed E-state index contributed by atoms with van der Waals surface area (Å²) >= 11 is 0. The van der Waals surface area contributed by atoms with Crippen LogP contribution in [0.3, 0.4) is 0 Å². The second kappa shape index (κ2) is 7.18. The molecule has 0 aliphatic rings. The highest BCUT2D eigenvalue weighted by Crippen LogP contribution is 2.06. The van der Waals surface area contributed by atoms with Crippen molar-refractivity contribution in [3.8, 4) is 0 Å². The number of unbranched alkanes of at least 4 members (excludes halogenated alkanes) is 1. The van der Waals surface area contributed by atoms with Crippen molar-refractivity contribution in [3.63, 3.8) is 0 Å². The van der Waals surface area contributed by atoms with Gasteiger partial charge in [0.1, 0.15) is 0 Å². The first-order chi connectivity index (χ1) is 7.33. The van der Waals surface area contributed by atoms with Crippen LogP contribution in [0.25, 0.3) is 0 Å². The average Bonchev–Trinajstić information content (AvgIpc) is 2.28. The summed E-state index contributed by atoms with van der Waals surface area (Å²) in [5.74, 6) is 0. The molecule has 0 radical (unpaired) electrons. The van der Waals surface area contributed by atoms with E-state index >= 15 is 0 Å². The molecule has 82 valence electrons. The van der Waals surface area contributed by atoms with E-state index in [9.17, 15) is 0 Å². The van der Waals surface area contributed by atoms with Crippen molar-refractivity contribution in [3.05, 3.63) is 42.7 Å². The fourth-order valence-electron chi connectivity index (χ4n) is 1.55. The van der Waals surface area contributed by atoms with E-state index in [-0.39, 0.29) is 0 Å². The Labute approximate surface area is 92.2 Å². The van der Waals surface area contributed by atoms with Crippen molar-refractivity contribution in [2.45, 2.75) is 38.1 Å². The molecule has 0 saturated carbocycles. The van der Waals surface area contributed by atoms with Crippen molar-refractivity contribution >= 4 is 0 Å². The van der Waals surface area contributed by atoms with Gasteiger partial charge in [-0.1, -0.05) is 12.1 Å². The van der Waals surface area contributed by atoms with Gasteiger partial charge in [0, 0.05) is 17.9 Å². The zero-order valence-corrected chi connectivity index (χ0v) is 9.23. The van der Waals surface area contributed by atoms with E-state index in [1.807, 2.05) is 24.4 Å². The van der Waals surface area contributed by atoms with E-state index in [1.165, 1.54) is 0 Å². The third-order valence-corrected chi connectivity index (χ3v) is 2.48. The van der Waals surface area contributed by atoms with Gasteiger partial charge in [0.15, 0.2) is 0 Å². The first kappa shape index (κ1) is 11.9. The molecular weight excluding hydrogens is 184 g/mol. The topological polar surface area (TPSA) is 38.9 Å². The molecule has 2 heteroatoms. The number of aryl methyl sites for hydroxylation is 1. The Morgan fingerprint density at radius 3 is 2.93 bits per heavy atom. The van der Waals surface area contributed by atoms with Gasteiger partial charge >= 0.3 is 0 Å². The average molecular weight is 204 g/mol. The molecule has 0 amide bonds. The molecule has 0 aromatic carbocycles. The normalized spacial score (nSPS) is 12.3. The van der Waals surface area contributed by atoms with E-state index in [0.29, 0.717) is 6.04 Å². The molecule has 0 aliphatic carbocycles. The maximum Gasteiger partial charge on any atom is 0.0404 e. The molecule has 1 aromatic heterocycles. The summed E-state index contributed by atoms with van der Waals surface area (Å²) in [7, 11) is 0. The van der Waals surface area contributed by atoms with Gasteiger partial charge in [0.2, 0.25) is 0 Å². The van der Waals surface area contributed by atoms with E-state index in [4.69, 9.17) is 5.73 Å². The summed E-state index contributed by atoms with van der Waals surface area (Å²) in [5, 5.41) is 0. The van der Waals surface area contributed by atoms with Crippen LogP contribution in [-0.2, 0) is 6.42 Å². The van der Waals surface area contributed by atoms with Crippen molar-refractivity contribution < 1.29 is 0 Å². The van der Waals surface area contributed by atoms with Crippen molar-refractivity contribution in [2.24, 2.45) is 5.73 Å². The largest absolute Gasteiger partial charge is 0.328 e. The standard InChI is InChI=1S/C13H20N2/c1-2-3-4-7-12(14)9-10-13-8-5-6-11-15-13/h2,5-6,8,11-12H,1,3-4,7,9-10,14H2. The SMILES string of the molecule is C=CCCCC(N)CCc1ccccn1. The molecule has 1 unspecified atom stereocenters. The van der Waals surface area contributed by atoms with Crippen molar-refractivity contribution in [1.82, 2.24) is 4.98 Å². The van der Waals surface area contributed by atoms with Crippen LogP contribution in [0.4, 0.5) is 0 Å². The molecule has 0 aliphatic heterocycles. The number of nitrogens with zero attached hydrogens (tertiary/aromatic N) is 1. The lowest BCUT2D eigenvalue weighted by atomic mass is 10.0. The molecule has 1 rings (SSSR count). The van der Waals surface area contributed by atoms with E-state index in [1.54, 1.807) is 0 Å². The van der Waals surface area contributed by atoms with Gasteiger partial charge in [-0.05, 0) is 44.2 Å². The Morgan fingerprint density at radius 1 is 1.40 bits per heavy atom. The Hall–Kier alpha value is -1.15. The molecule has 0 spiro atoms. The second-order valence-corrected chi connectivity index (χ2v) is 3.84. The second-order valence-electron chi connectivity index (χ2n) is 3.84. The van der Waals surface area contributed by atoms with E-state index in [0.717, 1.165) is 37.8 Å². The van der Waals surface area contributed by atoms with Gasteiger partial charge in [-0.3, -0.25) is 4.98 Å². The molecule has 0 bridgehead atoms. The molecule has 1 atom stereocenters. The summed E-state index contributed by atoms with van der Waals surface area (Å²) in [6, 6.07) is 6.31. The van der Waals surface area contributed by atoms with Crippen LogP contribution >= 0.6 is 0 Å². The van der Waals surface area contributed by atoms with Crippen molar-refractivity contribution in [2.75, 3.05) is 0 Å². The summed E-state index contributed by atoms with van der Waals surface area (Å²) in [6.45, 7) is 3.70. The van der Waals surface area contributed by atoms with Gasteiger partial charge < -0.3 is 5.73 Å². The minimum absolute atomic E-state index is 0.298. The fourth-order valence-corrected chi connectivity index (χ4v) is 1.55. The van der Waals surface area contributed by atoms with Gasteiger partial charge in [-0.2, -0.15) is 0 Å². The van der Waals surface area contributed by atoms with Crippen LogP contribution in [0.5, 0.6) is 0 Å². The van der Waals surface area contributed by atoms with Crippen LogP contribution in [0.2, 0.25) is 0 Å². The number of pyridine rings is 1. The summed E-state index contributed by atoms with van der Waals surface area (Å²) in [4.78, 5) is 4.28. The highest BCUT2D eigenvalue weighted by molar-refractivity contribution is 5.03. The quantitative estimate of drug-likeness (QED) is 0.548. The molecule has 15 heavy (non-hydrogen) atoms. The minimum atomic E-state index is 0.298. The van der Waals surface area contributed by atoms with Gasteiger partial charge in [-0.25, -0.2) is 0 Å². The lowest BCUT2D eigenvalue weighted by molar-refractivity contribution is 0.546. The molecule has 2 N–H and O–H groups in total. The summed E-state index contributed by atoms with van der Waals surface area (Å²) in [5.41, 5.74) is 7.14. The van der Waals surface area contributed by atoms with Crippen LogP contribution in [0.15, 0.2) is 37.1 Å². The van der Waals surface area contributed by atoms with Crippen molar-refractivity contribution in [1.29, 1.82) is 0 Å². The maximum absolute atomic E-state index is 6.00. The molecule has 1 heterocycles. The number of hydrogen-bond donors (Lipinski definition) is 1. The number of aromatic nitrogens is 1. The Balaban J connectivity index is 2.16. The predicted molar refractivity (Wildman–Crippen MR) is 64.6 cm³/mol. The zero-order chi connectivity index (χ0) is 10.9.